The molecule has 0 aliphatic heterocycles. The minimum absolute atomic E-state index is 0.0253. The number of halogens is 2. The molecule has 0 saturated carbocycles. The molecule has 0 fully saturated rings. The molecule has 0 radical (unpaired) electrons. The zero-order valence-electron chi connectivity index (χ0n) is 13.2. The van der Waals surface area contributed by atoms with Gasteiger partial charge in [-0.1, -0.05) is 30.1 Å². The van der Waals surface area contributed by atoms with E-state index in [0.717, 1.165) is 6.21 Å². The molecule has 1 unspecified atom stereocenters. The second-order valence-corrected chi connectivity index (χ2v) is 5.37. The van der Waals surface area contributed by atoms with Crippen molar-refractivity contribution in [1.82, 2.24) is 0 Å². The van der Waals surface area contributed by atoms with Crippen LogP contribution in [0.2, 0.25) is 10.0 Å². The number of esters is 2. The second kappa shape index (κ2) is 9.91. The maximum absolute atomic E-state index is 12.0. The number of hydrogen-bond donors (Lipinski definition) is 0. The Balaban J connectivity index is 3.10. The smallest absolute Gasteiger partial charge is 0.339 e. The van der Waals surface area contributed by atoms with E-state index in [2.05, 4.69) is 4.99 Å². The molecule has 0 aliphatic carbocycles. The Bertz CT molecular complexity index is 683. The van der Waals surface area contributed by atoms with Gasteiger partial charge in [0.05, 0.1) is 35.6 Å². The number of aliphatic imine (C=N–C) groups is 1. The fourth-order valence-corrected chi connectivity index (χ4v) is 2.07. The Kier molecular flexibility index (Phi) is 8.24. The first kappa shape index (κ1) is 19.9. The highest BCUT2D eigenvalue weighted by Crippen LogP contribution is 2.32. The molecule has 1 atom stereocenters. The molecule has 24 heavy (non-hydrogen) atoms. The van der Waals surface area contributed by atoms with Crippen LogP contribution in [0.25, 0.3) is 0 Å². The molecule has 0 aromatic heterocycles. The van der Waals surface area contributed by atoms with E-state index in [0.29, 0.717) is 6.42 Å². The van der Waals surface area contributed by atoms with Gasteiger partial charge in [-0.3, -0.25) is 9.79 Å². The molecule has 8 heteroatoms. The van der Waals surface area contributed by atoms with Crippen LogP contribution in [0.5, 0.6) is 0 Å². The monoisotopic (exact) mass is 370 g/mol. The molecule has 0 bridgehead atoms. The van der Waals surface area contributed by atoms with Crippen LogP contribution >= 0.6 is 23.2 Å². The maximum Gasteiger partial charge on any atom is 0.339 e. The lowest BCUT2D eigenvalue weighted by molar-refractivity contribution is -0.143. The van der Waals surface area contributed by atoms with Crippen LogP contribution in [0.1, 0.15) is 30.6 Å². The Morgan fingerprint density at radius 1 is 1.33 bits per heavy atom. The van der Waals surface area contributed by atoms with E-state index >= 15 is 0 Å². The summed E-state index contributed by atoms with van der Waals surface area (Å²) in [7, 11) is 0. The van der Waals surface area contributed by atoms with E-state index < -0.39 is 17.9 Å². The van der Waals surface area contributed by atoms with E-state index in [4.69, 9.17) is 37.9 Å². The predicted molar refractivity (Wildman–Crippen MR) is 90.9 cm³/mol. The minimum Gasteiger partial charge on any atom is -0.465 e. The van der Waals surface area contributed by atoms with Gasteiger partial charge in [-0.05, 0) is 25.5 Å². The fourth-order valence-electron chi connectivity index (χ4n) is 1.62. The highest BCUT2D eigenvalue weighted by molar-refractivity contribution is 6.38. The van der Waals surface area contributed by atoms with Crippen molar-refractivity contribution >= 4 is 47.0 Å². The number of carbonyl (C=O) groups is 2. The molecule has 0 spiro atoms. The first-order valence-electron chi connectivity index (χ1n) is 7.21. The van der Waals surface area contributed by atoms with Crippen molar-refractivity contribution in [2.45, 2.75) is 20.3 Å². The Labute approximate surface area is 150 Å². The number of carbonyl (C=O) groups excluding carboxylic acids is 2. The van der Waals surface area contributed by atoms with E-state index in [1.54, 1.807) is 13.0 Å². The van der Waals surface area contributed by atoms with Crippen LogP contribution in [0, 0.1) is 17.2 Å². The molecule has 0 N–H and O–H groups in total. The van der Waals surface area contributed by atoms with Crippen LogP contribution in [0.4, 0.5) is 5.69 Å². The largest absolute Gasteiger partial charge is 0.465 e. The summed E-state index contributed by atoms with van der Waals surface area (Å²) in [5.41, 5.74) is 0.214. The number of ether oxygens (including phenoxy) is 2. The summed E-state index contributed by atoms with van der Waals surface area (Å²) < 4.78 is 9.78. The van der Waals surface area contributed by atoms with E-state index in [1.807, 2.05) is 6.92 Å². The zero-order valence-corrected chi connectivity index (χ0v) is 14.7. The average molecular weight is 371 g/mol. The summed E-state index contributed by atoms with van der Waals surface area (Å²) in [5.74, 6) is -2.53. The SMILES string of the molecule is CCCOC(=O)c1cc(Cl)cc(N=CC(C#N)C(=O)OCC)c1Cl. The van der Waals surface area contributed by atoms with Gasteiger partial charge in [0.2, 0.25) is 0 Å². The molecule has 6 nitrogen and oxygen atoms in total. The second-order valence-electron chi connectivity index (χ2n) is 4.56. The van der Waals surface area contributed by atoms with Crippen molar-refractivity contribution in [3.63, 3.8) is 0 Å². The van der Waals surface area contributed by atoms with Gasteiger partial charge in [-0.2, -0.15) is 5.26 Å². The van der Waals surface area contributed by atoms with Gasteiger partial charge in [0.15, 0.2) is 5.92 Å². The predicted octanol–water partition coefficient (Wildman–Crippen LogP) is 3.97. The highest BCUT2D eigenvalue weighted by atomic mass is 35.5. The van der Waals surface area contributed by atoms with Crippen LogP contribution in [-0.4, -0.2) is 31.4 Å². The Morgan fingerprint density at radius 3 is 2.62 bits per heavy atom. The maximum atomic E-state index is 12.0. The fraction of sp³-hybridized carbons (Fsp3) is 0.375. The number of benzene rings is 1. The number of nitriles is 1. The Hall–Kier alpha value is -2.10. The van der Waals surface area contributed by atoms with Crippen molar-refractivity contribution in [3.8, 4) is 6.07 Å². The molecular formula is C16H16Cl2N2O4. The molecule has 1 aromatic carbocycles. The topological polar surface area (TPSA) is 88.8 Å². The van der Waals surface area contributed by atoms with Crippen LogP contribution in [-0.2, 0) is 14.3 Å². The summed E-state index contributed by atoms with van der Waals surface area (Å²) in [4.78, 5) is 27.5. The van der Waals surface area contributed by atoms with Gasteiger partial charge >= 0.3 is 11.9 Å². The van der Waals surface area contributed by atoms with Crippen LogP contribution in [0.3, 0.4) is 0 Å². The van der Waals surface area contributed by atoms with Gasteiger partial charge < -0.3 is 9.47 Å². The number of rotatable bonds is 7. The van der Waals surface area contributed by atoms with Crippen LogP contribution in [0.15, 0.2) is 17.1 Å². The molecular weight excluding hydrogens is 355 g/mol. The normalized spacial score (nSPS) is 11.8. The summed E-state index contributed by atoms with van der Waals surface area (Å²) in [5, 5.41) is 9.24. The molecule has 0 heterocycles. The van der Waals surface area contributed by atoms with E-state index in [-0.39, 0.29) is 34.5 Å². The highest BCUT2D eigenvalue weighted by Gasteiger charge is 2.19. The standard InChI is InChI=1S/C16H16Cl2N2O4/c1-3-5-24-16(22)12-6-11(17)7-13(14(12)18)20-9-10(8-19)15(21)23-4-2/h6-7,9-10H,3-5H2,1-2H3. The lowest BCUT2D eigenvalue weighted by atomic mass is 10.2. The van der Waals surface area contributed by atoms with E-state index in [9.17, 15) is 9.59 Å². The quantitative estimate of drug-likeness (QED) is 0.535. The zero-order chi connectivity index (χ0) is 18.1. The first-order valence-corrected chi connectivity index (χ1v) is 7.96. The van der Waals surface area contributed by atoms with Gasteiger partial charge in [0.1, 0.15) is 0 Å². The third kappa shape index (κ3) is 5.52. The van der Waals surface area contributed by atoms with E-state index in [1.165, 1.54) is 12.1 Å². The van der Waals surface area contributed by atoms with Gasteiger partial charge in [-0.25, -0.2) is 4.79 Å². The molecule has 1 aromatic rings. The summed E-state index contributed by atoms with van der Waals surface area (Å²) >= 11 is 12.1. The molecule has 1 rings (SSSR count). The van der Waals surface area contributed by atoms with Crippen molar-refractivity contribution in [3.05, 3.63) is 27.7 Å². The van der Waals surface area contributed by atoms with Crippen molar-refractivity contribution in [2.24, 2.45) is 10.9 Å². The van der Waals surface area contributed by atoms with Gasteiger partial charge in [0.25, 0.3) is 0 Å². The van der Waals surface area contributed by atoms with Crippen LogP contribution < -0.4 is 0 Å². The molecule has 0 amide bonds. The lowest BCUT2D eigenvalue weighted by Gasteiger charge is -2.08. The minimum atomic E-state index is -1.18. The summed E-state index contributed by atoms with van der Waals surface area (Å²) in [6.45, 7) is 3.89. The van der Waals surface area contributed by atoms with Crippen molar-refractivity contribution in [1.29, 1.82) is 5.26 Å². The molecule has 0 saturated heterocycles. The lowest BCUT2D eigenvalue weighted by Crippen LogP contribution is -2.17. The Morgan fingerprint density at radius 2 is 2.04 bits per heavy atom. The third-order valence-electron chi connectivity index (χ3n) is 2.72. The average Bonchev–Trinajstić information content (AvgIpc) is 2.56. The summed E-state index contributed by atoms with van der Waals surface area (Å²) in [6.07, 6.45) is 1.76. The van der Waals surface area contributed by atoms with Crippen molar-refractivity contribution in [2.75, 3.05) is 13.2 Å². The third-order valence-corrected chi connectivity index (χ3v) is 3.33. The van der Waals surface area contributed by atoms with Crippen molar-refractivity contribution < 1.29 is 19.1 Å². The van der Waals surface area contributed by atoms with Gasteiger partial charge in [0, 0.05) is 11.2 Å². The number of nitrogens with zero attached hydrogens (tertiary/aromatic N) is 2. The van der Waals surface area contributed by atoms with Gasteiger partial charge in [-0.15, -0.1) is 0 Å². The number of hydrogen-bond acceptors (Lipinski definition) is 6. The first-order chi connectivity index (χ1) is 11.4. The molecule has 128 valence electrons. The summed E-state index contributed by atoms with van der Waals surface area (Å²) in [6, 6.07) is 4.55. The molecule has 0 aliphatic rings.